The first-order valence-electron chi connectivity index (χ1n) is 6.12. The Hall–Kier alpha value is -2.40. The number of aryl methyl sites for hydroxylation is 2. The van der Waals surface area contributed by atoms with Gasteiger partial charge in [0.1, 0.15) is 6.07 Å². The van der Waals surface area contributed by atoms with Crippen LogP contribution in [0.5, 0.6) is 0 Å². The fraction of sp³-hybridized carbons (Fsp3) is 0.308. The number of hydrogen-bond acceptors (Lipinski definition) is 8. The van der Waals surface area contributed by atoms with Gasteiger partial charge in [-0.2, -0.15) is 5.26 Å². The number of rotatable bonds is 4. The number of carbonyl (C=O) groups is 1. The van der Waals surface area contributed by atoms with Crippen LogP contribution in [0.4, 0.5) is 0 Å². The van der Waals surface area contributed by atoms with Gasteiger partial charge in [0.25, 0.3) is 5.22 Å². The molecule has 0 saturated heterocycles. The van der Waals surface area contributed by atoms with E-state index in [2.05, 4.69) is 21.3 Å². The lowest BCUT2D eigenvalue weighted by Crippen LogP contribution is -2.04. The Morgan fingerprint density at radius 1 is 1.48 bits per heavy atom. The van der Waals surface area contributed by atoms with Crippen molar-refractivity contribution in [2.24, 2.45) is 0 Å². The smallest absolute Gasteiger partial charge is 0.396 e. The average Bonchev–Trinajstić information content (AvgIpc) is 2.87. The van der Waals surface area contributed by atoms with Crippen molar-refractivity contribution < 1.29 is 13.9 Å². The van der Waals surface area contributed by atoms with Crippen molar-refractivity contribution >= 4 is 17.7 Å². The van der Waals surface area contributed by atoms with Gasteiger partial charge in [0.2, 0.25) is 0 Å². The SMILES string of the molecule is CCOC(=O)c1nnc(Sc2cc(C)nc(C)c2C#N)o1. The summed E-state index contributed by atoms with van der Waals surface area (Å²) in [6.07, 6.45) is 0. The first kappa shape index (κ1) is 15.0. The molecule has 0 saturated carbocycles. The number of pyridine rings is 1. The van der Waals surface area contributed by atoms with E-state index in [9.17, 15) is 10.1 Å². The van der Waals surface area contributed by atoms with Gasteiger partial charge in [-0.05, 0) is 38.6 Å². The standard InChI is InChI=1S/C13H12N4O3S/c1-4-19-12(18)11-16-17-13(20-11)21-10-5-7(2)15-8(3)9(10)6-14/h5H,4H2,1-3H3. The number of nitrogens with zero attached hydrogens (tertiary/aromatic N) is 4. The van der Waals surface area contributed by atoms with Gasteiger partial charge in [-0.25, -0.2) is 4.79 Å². The second kappa shape index (κ2) is 6.37. The third kappa shape index (κ3) is 3.38. The molecule has 21 heavy (non-hydrogen) atoms. The molecular weight excluding hydrogens is 292 g/mol. The highest BCUT2D eigenvalue weighted by Gasteiger charge is 2.18. The number of esters is 1. The van der Waals surface area contributed by atoms with Gasteiger partial charge < -0.3 is 9.15 Å². The third-order valence-electron chi connectivity index (χ3n) is 2.46. The van der Waals surface area contributed by atoms with Gasteiger partial charge in [0, 0.05) is 10.6 Å². The van der Waals surface area contributed by atoms with Gasteiger partial charge in [0.05, 0.1) is 17.9 Å². The Bertz CT molecular complexity index is 721. The number of ether oxygens (including phenoxy) is 1. The molecule has 0 aliphatic carbocycles. The first-order valence-corrected chi connectivity index (χ1v) is 6.93. The van der Waals surface area contributed by atoms with Crippen LogP contribution < -0.4 is 0 Å². The van der Waals surface area contributed by atoms with Crippen LogP contribution in [-0.4, -0.2) is 27.8 Å². The van der Waals surface area contributed by atoms with E-state index >= 15 is 0 Å². The van der Waals surface area contributed by atoms with Crippen LogP contribution in [0.25, 0.3) is 0 Å². The van der Waals surface area contributed by atoms with E-state index in [1.807, 2.05) is 6.92 Å². The minimum absolute atomic E-state index is 0.166. The molecule has 7 nitrogen and oxygen atoms in total. The van der Waals surface area contributed by atoms with Crippen molar-refractivity contribution in [1.82, 2.24) is 15.2 Å². The van der Waals surface area contributed by atoms with Crippen molar-refractivity contribution in [2.45, 2.75) is 30.9 Å². The fourth-order valence-electron chi connectivity index (χ4n) is 1.63. The molecule has 0 atom stereocenters. The minimum Gasteiger partial charge on any atom is -0.459 e. The molecule has 2 aromatic heterocycles. The summed E-state index contributed by atoms with van der Waals surface area (Å²) in [6.45, 7) is 5.50. The van der Waals surface area contributed by atoms with Gasteiger partial charge in [-0.15, -0.1) is 5.10 Å². The summed E-state index contributed by atoms with van der Waals surface area (Å²) in [5, 5.41) is 16.7. The molecule has 0 spiro atoms. The topological polar surface area (TPSA) is 102 Å². The lowest BCUT2D eigenvalue weighted by Gasteiger charge is -2.04. The predicted molar refractivity (Wildman–Crippen MR) is 72.8 cm³/mol. The Balaban J connectivity index is 2.27. The molecule has 0 radical (unpaired) electrons. The van der Waals surface area contributed by atoms with Crippen LogP contribution in [0, 0.1) is 25.2 Å². The molecule has 8 heteroatoms. The van der Waals surface area contributed by atoms with E-state index in [4.69, 9.17) is 9.15 Å². The zero-order chi connectivity index (χ0) is 15.4. The average molecular weight is 304 g/mol. The van der Waals surface area contributed by atoms with Crippen LogP contribution in [0.3, 0.4) is 0 Å². The van der Waals surface area contributed by atoms with E-state index in [1.54, 1.807) is 19.9 Å². The monoisotopic (exact) mass is 304 g/mol. The van der Waals surface area contributed by atoms with Crippen molar-refractivity contribution in [2.75, 3.05) is 6.61 Å². The van der Waals surface area contributed by atoms with E-state index < -0.39 is 5.97 Å². The fourth-order valence-corrected chi connectivity index (χ4v) is 2.55. The Kier molecular flexibility index (Phi) is 4.55. The molecule has 0 bridgehead atoms. The molecule has 0 amide bonds. The summed E-state index contributed by atoms with van der Waals surface area (Å²) in [5.74, 6) is -0.875. The second-order valence-electron chi connectivity index (χ2n) is 4.03. The zero-order valence-electron chi connectivity index (χ0n) is 11.7. The summed E-state index contributed by atoms with van der Waals surface area (Å²) < 4.78 is 9.99. The molecule has 2 aromatic rings. The van der Waals surface area contributed by atoms with Crippen molar-refractivity contribution in [3.63, 3.8) is 0 Å². The molecule has 2 heterocycles. The molecule has 108 valence electrons. The van der Waals surface area contributed by atoms with Gasteiger partial charge >= 0.3 is 11.9 Å². The Morgan fingerprint density at radius 2 is 2.24 bits per heavy atom. The van der Waals surface area contributed by atoms with Crippen molar-refractivity contribution in [3.05, 3.63) is 28.9 Å². The highest BCUT2D eigenvalue weighted by molar-refractivity contribution is 7.99. The Morgan fingerprint density at radius 3 is 2.90 bits per heavy atom. The summed E-state index contributed by atoms with van der Waals surface area (Å²) in [5.41, 5.74) is 1.85. The molecule has 0 fully saturated rings. The lowest BCUT2D eigenvalue weighted by molar-refractivity contribution is 0.0475. The number of hydrogen-bond donors (Lipinski definition) is 0. The van der Waals surface area contributed by atoms with E-state index in [1.165, 1.54) is 0 Å². The first-order chi connectivity index (χ1) is 10.0. The molecule has 0 aliphatic rings. The van der Waals surface area contributed by atoms with Crippen LogP contribution >= 0.6 is 11.8 Å². The number of aromatic nitrogens is 3. The summed E-state index contributed by atoms with van der Waals surface area (Å²) in [6, 6.07) is 3.85. The van der Waals surface area contributed by atoms with E-state index in [0.29, 0.717) is 16.2 Å². The van der Waals surface area contributed by atoms with Gasteiger partial charge in [0.15, 0.2) is 0 Å². The van der Waals surface area contributed by atoms with Crippen LogP contribution in [0.15, 0.2) is 20.6 Å². The quantitative estimate of drug-likeness (QED) is 0.793. The lowest BCUT2D eigenvalue weighted by atomic mass is 10.2. The summed E-state index contributed by atoms with van der Waals surface area (Å²) in [4.78, 5) is 16.3. The van der Waals surface area contributed by atoms with Crippen LogP contribution in [0.1, 0.15) is 34.6 Å². The zero-order valence-corrected chi connectivity index (χ0v) is 12.5. The van der Waals surface area contributed by atoms with Crippen molar-refractivity contribution in [3.8, 4) is 6.07 Å². The number of carbonyl (C=O) groups excluding carboxylic acids is 1. The Labute approximate surface area is 125 Å². The molecule has 2 rings (SSSR count). The maximum absolute atomic E-state index is 11.5. The number of nitriles is 1. The highest BCUT2D eigenvalue weighted by atomic mass is 32.2. The van der Waals surface area contributed by atoms with Crippen molar-refractivity contribution in [1.29, 1.82) is 5.26 Å². The normalized spacial score (nSPS) is 10.2. The van der Waals surface area contributed by atoms with Crippen LogP contribution in [0.2, 0.25) is 0 Å². The molecule has 0 unspecified atom stereocenters. The maximum Gasteiger partial charge on any atom is 0.396 e. The van der Waals surface area contributed by atoms with Gasteiger partial charge in [-0.3, -0.25) is 4.98 Å². The van der Waals surface area contributed by atoms with E-state index in [0.717, 1.165) is 17.5 Å². The summed E-state index contributed by atoms with van der Waals surface area (Å²) >= 11 is 1.11. The minimum atomic E-state index is -0.667. The summed E-state index contributed by atoms with van der Waals surface area (Å²) in [7, 11) is 0. The second-order valence-corrected chi connectivity index (χ2v) is 5.02. The van der Waals surface area contributed by atoms with E-state index in [-0.39, 0.29) is 17.7 Å². The largest absolute Gasteiger partial charge is 0.459 e. The maximum atomic E-state index is 11.5. The third-order valence-corrected chi connectivity index (χ3v) is 3.34. The molecule has 0 N–H and O–H groups in total. The molecule has 0 aromatic carbocycles. The van der Waals surface area contributed by atoms with Crippen LogP contribution in [-0.2, 0) is 4.74 Å². The predicted octanol–water partition coefficient (Wildman–Crippen LogP) is 2.28. The highest BCUT2D eigenvalue weighted by Crippen LogP contribution is 2.30. The molecule has 0 aliphatic heterocycles. The van der Waals surface area contributed by atoms with Gasteiger partial charge in [-0.1, -0.05) is 5.10 Å². The molecular formula is C13H12N4O3S.